The highest BCUT2D eigenvalue weighted by atomic mass is 19.1. The zero-order chi connectivity index (χ0) is 14.1. The van der Waals surface area contributed by atoms with Gasteiger partial charge in [0, 0.05) is 24.1 Å². The van der Waals surface area contributed by atoms with E-state index in [1.807, 2.05) is 26.0 Å². The highest BCUT2D eigenvalue weighted by molar-refractivity contribution is 5.64. The normalized spacial score (nSPS) is 14.3. The van der Waals surface area contributed by atoms with Crippen LogP contribution in [0.2, 0.25) is 0 Å². The summed E-state index contributed by atoms with van der Waals surface area (Å²) in [6.45, 7) is 4.76. The number of nitrogens with one attached hydrogen (secondary N) is 1. The molecule has 0 spiro atoms. The molecule has 3 rings (SSSR count). The third-order valence-corrected chi connectivity index (χ3v) is 3.44. The molecule has 0 radical (unpaired) electrons. The minimum atomic E-state index is -0.238. The van der Waals surface area contributed by atoms with E-state index in [-0.39, 0.29) is 5.82 Å². The van der Waals surface area contributed by atoms with Crippen molar-refractivity contribution < 1.29 is 4.39 Å². The number of hydrogen-bond acceptors (Lipinski definition) is 3. The first kappa shape index (κ1) is 13.0. The van der Waals surface area contributed by atoms with Crippen molar-refractivity contribution in [2.24, 2.45) is 0 Å². The summed E-state index contributed by atoms with van der Waals surface area (Å²) in [4.78, 5) is 9.08. The molecular weight excluding hydrogens is 253 g/mol. The summed E-state index contributed by atoms with van der Waals surface area (Å²) in [6.07, 6.45) is 2.26. The number of hydrogen-bond donors (Lipinski definition) is 1. The minimum absolute atomic E-state index is 0.238. The van der Waals surface area contributed by atoms with Gasteiger partial charge in [0.25, 0.3) is 0 Å². The lowest BCUT2D eigenvalue weighted by Crippen LogP contribution is -2.04. The molecule has 1 aromatic carbocycles. The van der Waals surface area contributed by atoms with Crippen molar-refractivity contribution in [3.8, 4) is 11.3 Å². The molecule has 1 N–H and O–H groups in total. The van der Waals surface area contributed by atoms with Crippen LogP contribution >= 0.6 is 0 Å². The number of halogens is 1. The van der Waals surface area contributed by atoms with Gasteiger partial charge in [0.1, 0.15) is 17.5 Å². The molecule has 20 heavy (non-hydrogen) atoms. The van der Waals surface area contributed by atoms with Gasteiger partial charge in [-0.1, -0.05) is 11.6 Å². The van der Waals surface area contributed by atoms with Crippen molar-refractivity contribution in [3.05, 3.63) is 41.5 Å². The predicted molar refractivity (Wildman–Crippen MR) is 78.3 cm³/mol. The van der Waals surface area contributed by atoms with Crippen molar-refractivity contribution in [2.45, 2.75) is 32.6 Å². The fourth-order valence-corrected chi connectivity index (χ4v) is 2.24. The van der Waals surface area contributed by atoms with Crippen molar-refractivity contribution in [3.63, 3.8) is 0 Å². The molecule has 0 atom stereocenters. The maximum atomic E-state index is 14.0. The van der Waals surface area contributed by atoms with Gasteiger partial charge in [0.2, 0.25) is 0 Å². The van der Waals surface area contributed by atoms with E-state index in [4.69, 9.17) is 0 Å². The molecule has 0 aliphatic heterocycles. The second-order valence-corrected chi connectivity index (χ2v) is 5.28. The fourth-order valence-electron chi connectivity index (χ4n) is 2.24. The van der Waals surface area contributed by atoms with Gasteiger partial charge in [-0.15, -0.1) is 0 Å². The Kier molecular flexibility index (Phi) is 3.38. The molecule has 1 heterocycles. The Balaban J connectivity index is 2.09. The smallest absolute Gasteiger partial charge is 0.134 e. The third-order valence-electron chi connectivity index (χ3n) is 3.44. The van der Waals surface area contributed by atoms with Gasteiger partial charge in [-0.25, -0.2) is 14.4 Å². The van der Waals surface area contributed by atoms with Gasteiger partial charge in [-0.05, 0) is 38.8 Å². The summed E-state index contributed by atoms with van der Waals surface area (Å²) in [5, 5.41) is 3.20. The van der Waals surface area contributed by atoms with Crippen molar-refractivity contribution in [2.75, 3.05) is 11.9 Å². The zero-order valence-electron chi connectivity index (χ0n) is 11.8. The predicted octanol–water partition coefficient (Wildman–Crippen LogP) is 3.90. The van der Waals surface area contributed by atoms with E-state index in [2.05, 4.69) is 15.3 Å². The summed E-state index contributed by atoms with van der Waals surface area (Å²) < 4.78 is 14.0. The van der Waals surface area contributed by atoms with Gasteiger partial charge in [0.05, 0.1) is 5.69 Å². The molecule has 0 unspecified atom stereocenters. The summed E-state index contributed by atoms with van der Waals surface area (Å²) in [5.74, 6) is 1.82. The maximum absolute atomic E-state index is 14.0. The lowest BCUT2D eigenvalue weighted by Gasteiger charge is -2.10. The molecule has 1 saturated carbocycles. The van der Waals surface area contributed by atoms with Crippen LogP contribution in [0.1, 0.15) is 37.1 Å². The standard InChI is InChI=1S/C16H18FN3/c1-3-18-15-9-14(19-16(20-15)11-5-6-11)12-8-10(2)4-7-13(12)17/h4,7-9,11H,3,5-6H2,1-2H3,(H,18,19,20). The highest BCUT2D eigenvalue weighted by Gasteiger charge is 2.27. The summed E-state index contributed by atoms with van der Waals surface area (Å²) in [6, 6.07) is 6.93. The van der Waals surface area contributed by atoms with Crippen molar-refractivity contribution in [1.82, 2.24) is 9.97 Å². The van der Waals surface area contributed by atoms with Crippen molar-refractivity contribution in [1.29, 1.82) is 0 Å². The van der Waals surface area contributed by atoms with Crippen LogP contribution in [0.25, 0.3) is 11.3 Å². The van der Waals surface area contributed by atoms with Crippen LogP contribution in [0.4, 0.5) is 10.2 Å². The van der Waals surface area contributed by atoms with E-state index in [9.17, 15) is 4.39 Å². The molecule has 2 aromatic rings. The molecule has 3 nitrogen and oxygen atoms in total. The summed E-state index contributed by atoms with van der Waals surface area (Å²) in [5.41, 5.74) is 2.24. The van der Waals surface area contributed by atoms with Gasteiger partial charge >= 0.3 is 0 Å². The number of benzene rings is 1. The summed E-state index contributed by atoms with van der Waals surface area (Å²) >= 11 is 0. The summed E-state index contributed by atoms with van der Waals surface area (Å²) in [7, 11) is 0. The quantitative estimate of drug-likeness (QED) is 0.916. The van der Waals surface area contributed by atoms with Gasteiger partial charge in [-0.2, -0.15) is 0 Å². The Morgan fingerprint density at radius 3 is 2.75 bits per heavy atom. The lowest BCUT2D eigenvalue weighted by molar-refractivity contribution is 0.630. The molecule has 104 valence electrons. The Bertz CT molecular complexity index is 636. The Morgan fingerprint density at radius 2 is 2.05 bits per heavy atom. The first-order chi connectivity index (χ1) is 9.67. The largest absolute Gasteiger partial charge is 0.370 e. The van der Waals surface area contributed by atoms with Crippen LogP contribution < -0.4 is 5.32 Å². The molecule has 4 heteroatoms. The third kappa shape index (κ3) is 2.64. The van der Waals surface area contributed by atoms with Crippen LogP contribution in [0.15, 0.2) is 24.3 Å². The Hall–Kier alpha value is -1.97. The maximum Gasteiger partial charge on any atom is 0.134 e. The lowest BCUT2D eigenvalue weighted by atomic mass is 10.1. The molecule has 0 saturated heterocycles. The molecular formula is C16H18FN3. The Morgan fingerprint density at radius 1 is 1.25 bits per heavy atom. The van der Waals surface area contributed by atoms with E-state index in [0.717, 1.165) is 36.6 Å². The van der Waals surface area contributed by atoms with Gasteiger partial charge in [0.15, 0.2) is 0 Å². The number of aromatic nitrogens is 2. The first-order valence-electron chi connectivity index (χ1n) is 7.06. The topological polar surface area (TPSA) is 37.8 Å². The molecule has 1 aliphatic rings. The second-order valence-electron chi connectivity index (χ2n) is 5.28. The molecule has 1 aromatic heterocycles. The van der Waals surface area contributed by atoms with Crippen LogP contribution in [-0.2, 0) is 0 Å². The fraction of sp³-hybridized carbons (Fsp3) is 0.375. The number of anilines is 1. The number of nitrogens with zero attached hydrogens (tertiary/aromatic N) is 2. The van der Waals surface area contributed by atoms with Crippen molar-refractivity contribution >= 4 is 5.82 Å². The highest BCUT2D eigenvalue weighted by Crippen LogP contribution is 2.39. The van der Waals surface area contributed by atoms with E-state index in [1.165, 1.54) is 6.07 Å². The zero-order valence-corrected chi connectivity index (χ0v) is 11.8. The average molecular weight is 271 g/mol. The van der Waals surface area contributed by atoms with Gasteiger partial charge < -0.3 is 5.32 Å². The van der Waals surface area contributed by atoms with E-state index in [1.54, 1.807) is 6.07 Å². The monoisotopic (exact) mass is 271 g/mol. The molecule has 1 fully saturated rings. The van der Waals surface area contributed by atoms with E-state index >= 15 is 0 Å². The van der Waals surface area contributed by atoms with Gasteiger partial charge in [-0.3, -0.25) is 0 Å². The number of aryl methyl sites for hydroxylation is 1. The van der Waals surface area contributed by atoms with Crippen LogP contribution in [0, 0.1) is 12.7 Å². The van der Waals surface area contributed by atoms with Crippen LogP contribution in [0.5, 0.6) is 0 Å². The Labute approximate surface area is 118 Å². The average Bonchev–Trinajstić information content (AvgIpc) is 3.26. The molecule has 0 bridgehead atoms. The van der Waals surface area contributed by atoms with E-state index < -0.39 is 0 Å². The first-order valence-corrected chi connectivity index (χ1v) is 7.06. The number of rotatable bonds is 4. The minimum Gasteiger partial charge on any atom is -0.370 e. The van der Waals surface area contributed by atoms with E-state index in [0.29, 0.717) is 17.2 Å². The van der Waals surface area contributed by atoms with Crippen LogP contribution in [-0.4, -0.2) is 16.5 Å². The molecule has 0 amide bonds. The SMILES string of the molecule is CCNc1cc(-c2cc(C)ccc2F)nc(C2CC2)n1. The second kappa shape index (κ2) is 5.19. The molecule has 1 aliphatic carbocycles. The van der Waals surface area contributed by atoms with Crippen LogP contribution in [0.3, 0.4) is 0 Å².